The molecular weight excluding hydrogens is 358 g/mol. The maximum atomic E-state index is 12.5. The fourth-order valence-corrected chi connectivity index (χ4v) is 3.35. The molecule has 0 saturated carbocycles. The third kappa shape index (κ3) is 3.09. The molecule has 2 heterocycles. The summed E-state index contributed by atoms with van der Waals surface area (Å²) in [7, 11) is 0. The average Bonchev–Trinajstić information content (AvgIpc) is 3.08. The largest absolute Gasteiger partial charge is 0.347 e. The molecule has 0 aliphatic carbocycles. The molecule has 4 aromatic rings. The van der Waals surface area contributed by atoms with E-state index in [1.807, 2.05) is 35.8 Å². The summed E-state index contributed by atoms with van der Waals surface area (Å²) in [6.45, 7) is 2.70. The zero-order chi connectivity index (χ0) is 19.7. The third-order valence-electron chi connectivity index (χ3n) is 4.68. The van der Waals surface area contributed by atoms with Gasteiger partial charge in [-0.3, -0.25) is 19.5 Å². The lowest BCUT2D eigenvalue weighted by molar-refractivity contribution is -0.122. The van der Waals surface area contributed by atoms with E-state index in [1.54, 1.807) is 24.3 Å². The molecular formula is C20H19N5O3. The first-order chi connectivity index (χ1) is 13.6. The monoisotopic (exact) mass is 377 g/mol. The van der Waals surface area contributed by atoms with Crippen molar-refractivity contribution in [3.05, 3.63) is 75.1 Å². The number of carbonyl (C=O) groups is 1. The highest BCUT2D eigenvalue weighted by atomic mass is 16.2. The molecule has 8 nitrogen and oxygen atoms in total. The van der Waals surface area contributed by atoms with Crippen molar-refractivity contribution in [2.45, 2.75) is 26.6 Å². The van der Waals surface area contributed by atoms with E-state index >= 15 is 0 Å². The molecule has 28 heavy (non-hydrogen) atoms. The zero-order valence-electron chi connectivity index (χ0n) is 15.3. The molecule has 1 amide bonds. The number of aromatic nitrogens is 4. The maximum absolute atomic E-state index is 12.5. The van der Waals surface area contributed by atoms with Crippen LogP contribution in [0.25, 0.3) is 21.8 Å². The van der Waals surface area contributed by atoms with Crippen LogP contribution in [0.3, 0.4) is 0 Å². The van der Waals surface area contributed by atoms with Crippen LogP contribution in [0.1, 0.15) is 12.7 Å². The van der Waals surface area contributed by atoms with Gasteiger partial charge in [0.15, 0.2) is 0 Å². The van der Waals surface area contributed by atoms with E-state index in [0.717, 1.165) is 28.1 Å². The van der Waals surface area contributed by atoms with Gasteiger partial charge in [-0.2, -0.15) is 0 Å². The molecule has 2 aromatic carbocycles. The van der Waals surface area contributed by atoms with E-state index in [9.17, 15) is 14.4 Å². The van der Waals surface area contributed by atoms with Crippen molar-refractivity contribution in [1.82, 2.24) is 24.6 Å². The number of carbonyl (C=O) groups excluding carboxylic acids is 1. The van der Waals surface area contributed by atoms with Crippen LogP contribution in [0.15, 0.2) is 58.1 Å². The molecule has 2 aromatic heterocycles. The standard InChI is InChI=1S/C20H19N5O3/c1-2-24-16-10-6-5-9-15(16)22-17(24)11-21-18(26)12-25-20(28)14-8-4-3-7-13(14)19(27)23-25/h3-10H,2,11-12H2,1H3,(H,21,26)(H,23,27). The minimum atomic E-state index is -0.411. The van der Waals surface area contributed by atoms with Crippen molar-refractivity contribution < 1.29 is 4.79 Å². The average molecular weight is 377 g/mol. The Bertz CT molecular complexity index is 1300. The molecule has 0 aliphatic heterocycles. The number of para-hydroxylation sites is 2. The Labute approximate surface area is 159 Å². The van der Waals surface area contributed by atoms with E-state index in [2.05, 4.69) is 15.4 Å². The molecule has 0 radical (unpaired) electrons. The number of H-pyrrole nitrogens is 1. The minimum Gasteiger partial charge on any atom is -0.347 e. The van der Waals surface area contributed by atoms with Gasteiger partial charge in [0.2, 0.25) is 5.91 Å². The SMILES string of the molecule is CCn1c(CNC(=O)Cn2[nH]c(=O)c3ccccc3c2=O)nc2ccccc21. The number of imidazole rings is 1. The van der Waals surface area contributed by atoms with Gasteiger partial charge in [0.25, 0.3) is 11.1 Å². The smallest absolute Gasteiger partial charge is 0.273 e. The van der Waals surface area contributed by atoms with Gasteiger partial charge in [-0.25, -0.2) is 9.67 Å². The number of aryl methyl sites for hydroxylation is 1. The summed E-state index contributed by atoms with van der Waals surface area (Å²) < 4.78 is 3.06. The quantitative estimate of drug-likeness (QED) is 0.548. The Morgan fingerprint density at radius 2 is 1.79 bits per heavy atom. The molecule has 4 rings (SSSR count). The highest BCUT2D eigenvalue weighted by Crippen LogP contribution is 2.15. The molecule has 0 aliphatic rings. The predicted octanol–water partition coefficient (Wildman–Crippen LogP) is 1.38. The first-order valence-electron chi connectivity index (χ1n) is 9.01. The molecule has 0 spiro atoms. The van der Waals surface area contributed by atoms with Crippen LogP contribution in [0.4, 0.5) is 0 Å². The number of fused-ring (bicyclic) bond motifs is 2. The summed E-state index contributed by atoms with van der Waals surface area (Å²) in [6.07, 6.45) is 0. The number of benzene rings is 2. The lowest BCUT2D eigenvalue weighted by Gasteiger charge is -2.09. The second-order valence-corrected chi connectivity index (χ2v) is 6.42. The number of nitrogens with one attached hydrogen (secondary N) is 2. The van der Waals surface area contributed by atoms with Gasteiger partial charge >= 0.3 is 0 Å². The van der Waals surface area contributed by atoms with E-state index in [-0.39, 0.29) is 24.4 Å². The molecule has 0 bridgehead atoms. The summed E-state index contributed by atoms with van der Waals surface area (Å²) in [4.78, 5) is 41.6. The molecule has 8 heteroatoms. The van der Waals surface area contributed by atoms with Crippen molar-refractivity contribution in [3.8, 4) is 0 Å². The molecule has 0 unspecified atom stereocenters. The molecule has 2 N–H and O–H groups in total. The number of hydrogen-bond donors (Lipinski definition) is 2. The summed E-state index contributed by atoms with van der Waals surface area (Å²) in [5.74, 6) is 0.346. The summed E-state index contributed by atoms with van der Waals surface area (Å²) in [5.41, 5.74) is 1.05. The van der Waals surface area contributed by atoms with Crippen LogP contribution in [0, 0.1) is 0 Å². The Hall–Kier alpha value is -3.68. The lowest BCUT2D eigenvalue weighted by atomic mass is 10.2. The number of nitrogens with zero attached hydrogens (tertiary/aromatic N) is 3. The number of amides is 1. The summed E-state index contributed by atoms with van der Waals surface area (Å²) in [5, 5.41) is 5.82. The highest BCUT2D eigenvalue weighted by Gasteiger charge is 2.12. The van der Waals surface area contributed by atoms with E-state index in [1.165, 1.54) is 0 Å². The van der Waals surface area contributed by atoms with Gasteiger partial charge in [0, 0.05) is 6.54 Å². The van der Waals surface area contributed by atoms with Crippen LogP contribution >= 0.6 is 0 Å². The Balaban J connectivity index is 1.55. The fraction of sp³-hybridized carbons (Fsp3) is 0.200. The van der Waals surface area contributed by atoms with E-state index in [4.69, 9.17) is 0 Å². The topological polar surface area (TPSA) is 102 Å². The van der Waals surface area contributed by atoms with Crippen LogP contribution in [0.5, 0.6) is 0 Å². The van der Waals surface area contributed by atoms with Gasteiger partial charge in [-0.15, -0.1) is 0 Å². The van der Waals surface area contributed by atoms with Crippen LogP contribution in [0.2, 0.25) is 0 Å². The van der Waals surface area contributed by atoms with Crippen molar-refractivity contribution >= 4 is 27.7 Å². The fourth-order valence-electron chi connectivity index (χ4n) is 3.35. The summed E-state index contributed by atoms with van der Waals surface area (Å²) in [6, 6.07) is 14.3. The van der Waals surface area contributed by atoms with Gasteiger partial charge in [-0.05, 0) is 31.2 Å². The predicted molar refractivity (Wildman–Crippen MR) is 106 cm³/mol. The van der Waals surface area contributed by atoms with Crippen LogP contribution < -0.4 is 16.4 Å². The molecule has 142 valence electrons. The Kier molecular flexibility index (Phi) is 4.52. The normalized spacial score (nSPS) is 11.2. The third-order valence-corrected chi connectivity index (χ3v) is 4.68. The maximum Gasteiger partial charge on any atom is 0.273 e. The van der Waals surface area contributed by atoms with E-state index < -0.39 is 11.1 Å². The number of hydrogen-bond acceptors (Lipinski definition) is 4. The van der Waals surface area contributed by atoms with Gasteiger partial charge < -0.3 is 9.88 Å². The zero-order valence-corrected chi connectivity index (χ0v) is 15.3. The minimum absolute atomic E-state index is 0.230. The van der Waals surface area contributed by atoms with E-state index in [0.29, 0.717) is 5.39 Å². The number of rotatable bonds is 5. The Morgan fingerprint density at radius 1 is 1.07 bits per heavy atom. The van der Waals surface area contributed by atoms with Crippen LogP contribution in [-0.2, 0) is 24.4 Å². The van der Waals surface area contributed by atoms with Crippen molar-refractivity contribution in [2.75, 3.05) is 0 Å². The second kappa shape index (κ2) is 7.15. The molecule has 0 fully saturated rings. The van der Waals surface area contributed by atoms with Gasteiger partial charge in [-0.1, -0.05) is 24.3 Å². The molecule has 0 atom stereocenters. The van der Waals surface area contributed by atoms with Crippen LogP contribution in [-0.4, -0.2) is 25.2 Å². The first kappa shape index (κ1) is 17.7. The summed E-state index contributed by atoms with van der Waals surface area (Å²) >= 11 is 0. The van der Waals surface area contributed by atoms with Crippen molar-refractivity contribution in [1.29, 1.82) is 0 Å². The second-order valence-electron chi connectivity index (χ2n) is 6.42. The van der Waals surface area contributed by atoms with Crippen molar-refractivity contribution in [2.24, 2.45) is 0 Å². The molecule has 0 saturated heterocycles. The number of aromatic amines is 1. The lowest BCUT2D eigenvalue weighted by Crippen LogP contribution is -2.36. The highest BCUT2D eigenvalue weighted by molar-refractivity contribution is 5.81. The van der Waals surface area contributed by atoms with Crippen molar-refractivity contribution in [3.63, 3.8) is 0 Å². The van der Waals surface area contributed by atoms with Gasteiger partial charge in [0.05, 0.1) is 28.4 Å². The first-order valence-corrected chi connectivity index (χ1v) is 9.01. The Morgan fingerprint density at radius 3 is 2.57 bits per heavy atom. The van der Waals surface area contributed by atoms with Gasteiger partial charge in [0.1, 0.15) is 12.4 Å².